The third-order valence-corrected chi connectivity index (χ3v) is 6.61. The van der Waals surface area contributed by atoms with Crippen LogP contribution in [-0.2, 0) is 22.0 Å². The van der Waals surface area contributed by atoms with Gasteiger partial charge in [-0.15, -0.1) is 0 Å². The van der Waals surface area contributed by atoms with Gasteiger partial charge in [-0.1, -0.05) is 30.0 Å². The minimum atomic E-state index is -5.45. The number of fused-ring (bicyclic) bond motifs is 1. The molecule has 0 unspecified atom stereocenters. The molecule has 0 saturated carbocycles. The van der Waals surface area contributed by atoms with Gasteiger partial charge in [-0.2, -0.15) is 26.3 Å². The number of hydrogen-bond acceptors (Lipinski definition) is 6. The molecule has 0 saturated heterocycles. The van der Waals surface area contributed by atoms with E-state index < -0.39 is 39.7 Å². The molecule has 0 aliphatic heterocycles. The van der Waals surface area contributed by atoms with E-state index in [4.69, 9.17) is 4.42 Å². The lowest BCUT2D eigenvalue weighted by Crippen LogP contribution is -2.38. The van der Waals surface area contributed by atoms with E-state index in [-0.39, 0.29) is 35.1 Å². The van der Waals surface area contributed by atoms with Crippen molar-refractivity contribution < 1.29 is 44.0 Å². The molecule has 3 rings (SSSR count). The Morgan fingerprint density at radius 1 is 1.00 bits per heavy atom. The van der Waals surface area contributed by atoms with Crippen LogP contribution in [0, 0.1) is 0 Å². The maximum absolute atomic E-state index is 12.7. The van der Waals surface area contributed by atoms with E-state index in [1.54, 1.807) is 12.1 Å². The van der Waals surface area contributed by atoms with Gasteiger partial charge in [0.25, 0.3) is 11.1 Å². The van der Waals surface area contributed by atoms with Gasteiger partial charge in [-0.05, 0) is 36.2 Å². The van der Waals surface area contributed by atoms with Crippen molar-refractivity contribution in [3.05, 3.63) is 59.2 Å². The molecular formula is C20H17F6N3O4S2. The third-order valence-electron chi connectivity index (χ3n) is 4.52. The molecule has 15 heteroatoms. The Morgan fingerprint density at radius 3 is 2.31 bits per heavy atom. The molecule has 1 aromatic heterocycles. The first-order valence-corrected chi connectivity index (χ1v) is 12.3. The second kappa shape index (κ2) is 10.5. The fourth-order valence-corrected chi connectivity index (χ4v) is 4.14. The standard InChI is InChI=1S/C20H17F6N3O4S2/c21-19(22,23)13-7-5-12(6-8-13)11-34-18-29-15-4-1-3-14(16(15)33-18)17(30)27-9-2-10-28-35(31,32)20(24,25)26/h1,3-8,28H,2,9-11H2,(H,27,30). The first kappa shape index (κ1) is 26.8. The number of hydrogen-bond donors (Lipinski definition) is 2. The second-order valence-corrected chi connectivity index (χ2v) is 9.75. The van der Waals surface area contributed by atoms with E-state index in [1.165, 1.54) is 22.9 Å². The molecule has 35 heavy (non-hydrogen) atoms. The predicted octanol–water partition coefficient (Wildman–Crippen LogP) is 4.70. The molecule has 0 fully saturated rings. The average molecular weight is 541 g/mol. The van der Waals surface area contributed by atoms with Gasteiger partial charge in [-0.3, -0.25) is 4.79 Å². The quantitative estimate of drug-likeness (QED) is 0.232. The summed E-state index contributed by atoms with van der Waals surface area (Å²) in [6.45, 7) is -0.640. The van der Waals surface area contributed by atoms with E-state index in [9.17, 15) is 39.6 Å². The van der Waals surface area contributed by atoms with Gasteiger partial charge in [-0.25, -0.2) is 18.1 Å². The first-order chi connectivity index (χ1) is 16.3. The normalized spacial score (nSPS) is 12.7. The minimum absolute atomic E-state index is 0.0956. The molecule has 2 N–H and O–H groups in total. The van der Waals surface area contributed by atoms with Crippen molar-refractivity contribution >= 4 is 38.8 Å². The summed E-state index contributed by atoms with van der Waals surface area (Å²) in [6.07, 6.45) is -4.53. The molecule has 1 heterocycles. The number of aromatic nitrogens is 1. The summed E-state index contributed by atoms with van der Waals surface area (Å²) in [5.74, 6) is -0.343. The zero-order chi connectivity index (χ0) is 25.9. The number of nitrogens with zero attached hydrogens (tertiary/aromatic N) is 1. The number of halogens is 6. The minimum Gasteiger partial charge on any atom is -0.430 e. The number of benzene rings is 2. The molecule has 0 aliphatic carbocycles. The predicted molar refractivity (Wildman–Crippen MR) is 115 cm³/mol. The maximum Gasteiger partial charge on any atom is 0.511 e. The number of carbonyl (C=O) groups is 1. The summed E-state index contributed by atoms with van der Waals surface area (Å²) in [6, 6.07) is 9.19. The van der Waals surface area contributed by atoms with E-state index in [2.05, 4.69) is 10.3 Å². The van der Waals surface area contributed by atoms with Crippen molar-refractivity contribution in [3.63, 3.8) is 0 Å². The second-order valence-electron chi connectivity index (χ2n) is 7.07. The van der Waals surface area contributed by atoms with Crippen molar-refractivity contribution in [1.29, 1.82) is 0 Å². The van der Waals surface area contributed by atoms with Crippen LogP contribution in [0.5, 0.6) is 0 Å². The Labute approximate surface area is 199 Å². The largest absolute Gasteiger partial charge is 0.511 e. The zero-order valence-electron chi connectivity index (χ0n) is 17.5. The van der Waals surface area contributed by atoms with Crippen LogP contribution in [0.25, 0.3) is 11.1 Å². The van der Waals surface area contributed by atoms with E-state index in [0.29, 0.717) is 11.1 Å². The number of alkyl halides is 6. The van der Waals surface area contributed by atoms with Crippen molar-refractivity contribution in [2.45, 2.75) is 29.1 Å². The number of carbonyl (C=O) groups excluding carboxylic acids is 1. The highest BCUT2D eigenvalue weighted by Crippen LogP contribution is 2.31. The van der Waals surface area contributed by atoms with Gasteiger partial charge in [0.2, 0.25) is 0 Å². The van der Waals surface area contributed by atoms with Gasteiger partial charge in [0.05, 0.1) is 11.1 Å². The van der Waals surface area contributed by atoms with E-state index in [1.807, 2.05) is 0 Å². The molecule has 1 amide bonds. The highest BCUT2D eigenvalue weighted by Gasteiger charge is 2.45. The van der Waals surface area contributed by atoms with Gasteiger partial charge in [0.15, 0.2) is 5.58 Å². The van der Waals surface area contributed by atoms with Gasteiger partial charge in [0, 0.05) is 18.8 Å². The van der Waals surface area contributed by atoms with Gasteiger partial charge < -0.3 is 9.73 Å². The highest BCUT2D eigenvalue weighted by atomic mass is 32.2. The Kier molecular flexibility index (Phi) is 8.01. The zero-order valence-corrected chi connectivity index (χ0v) is 19.2. The van der Waals surface area contributed by atoms with Crippen molar-refractivity contribution in [3.8, 4) is 0 Å². The lowest BCUT2D eigenvalue weighted by atomic mass is 10.1. The smallest absolute Gasteiger partial charge is 0.430 e. The molecule has 7 nitrogen and oxygen atoms in total. The van der Waals surface area contributed by atoms with Crippen LogP contribution in [0.3, 0.4) is 0 Å². The summed E-state index contributed by atoms with van der Waals surface area (Å²) in [5, 5.41) is 2.64. The van der Waals surface area contributed by atoms with Crippen LogP contribution in [0.4, 0.5) is 26.3 Å². The lowest BCUT2D eigenvalue weighted by molar-refractivity contribution is -0.137. The maximum atomic E-state index is 12.7. The monoisotopic (exact) mass is 541 g/mol. The Hall–Kier alpha value is -2.78. The summed E-state index contributed by atoms with van der Waals surface area (Å²) in [4.78, 5) is 16.7. The Balaban J connectivity index is 1.57. The van der Waals surface area contributed by atoms with Crippen molar-refractivity contribution in [2.24, 2.45) is 0 Å². The number of thioether (sulfide) groups is 1. The number of amides is 1. The van der Waals surface area contributed by atoms with E-state index in [0.717, 1.165) is 23.9 Å². The molecule has 0 atom stereocenters. The lowest BCUT2D eigenvalue weighted by Gasteiger charge is -2.09. The molecular weight excluding hydrogens is 524 g/mol. The third kappa shape index (κ3) is 6.89. The summed E-state index contributed by atoms with van der Waals surface area (Å²) < 4.78 is 104. The van der Waals surface area contributed by atoms with Crippen LogP contribution in [0.2, 0.25) is 0 Å². The summed E-state index contributed by atoms with van der Waals surface area (Å²) in [5.41, 5.74) is -4.97. The molecule has 0 aliphatic rings. The van der Waals surface area contributed by atoms with Crippen LogP contribution in [-0.4, -0.2) is 37.9 Å². The Morgan fingerprint density at radius 2 is 1.69 bits per heavy atom. The van der Waals surface area contributed by atoms with E-state index >= 15 is 0 Å². The fraction of sp³-hybridized carbons (Fsp3) is 0.300. The van der Waals surface area contributed by atoms with Gasteiger partial charge in [0.1, 0.15) is 5.52 Å². The van der Waals surface area contributed by atoms with Gasteiger partial charge >= 0.3 is 21.7 Å². The fourth-order valence-electron chi connectivity index (χ4n) is 2.78. The number of oxazole rings is 1. The molecule has 190 valence electrons. The molecule has 0 radical (unpaired) electrons. The Bertz CT molecular complexity index is 1290. The molecule has 2 aromatic carbocycles. The molecule has 0 bridgehead atoms. The van der Waals surface area contributed by atoms with Crippen LogP contribution in [0.1, 0.15) is 27.9 Å². The number of rotatable bonds is 9. The van der Waals surface area contributed by atoms with Crippen molar-refractivity contribution in [2.75, 3.05) is 13.1 Å². The number of sulfonamides is 1. The first-order valence-electron chi connectivity index (χ1n) is 9.80. The molecule has 3 aromatic rings. The summed E-state index contributed by atoms with van der Waals surface area (Å²) in [7, 11) is -5.45. The van der Waals surface area contributed by atoms with Crippen LogP contribution >= 0.6 is 11.8 Å². The topological polar surface area (TPSA) is 101 Å². The highest BCUT2D eigenvalue weighted by molar-refractivity contribution is 7.98. The van der Waals surface area contributed by atoms with Crippen molar-refractivity contribution in [1.82, 2.24) is 15.0 Å². The average Bonchev–Trinajstić information content (AvgIpc) is 3.19. The molecule has 0 spiro atoms. The SMILES string of the molecule is O=C(NCCCNS(=O)(=O)C(F)(F)F)c1cccc2nc(SCc3ccc(C(F)(F)F)cc3)oc12. The summed E-state index contributed by atoms with van der Waals surface area (Å²) >= 11 is 1.11. The van der Waals surface area contributed by atoms with Crippen LogP contribution in [0.15, 0.2) is 52.1 Å². The number of para-hydroxylation sites is 1. The number of nitrogens with one attached hydrogen (secondary N) is 2. The van der Waals surface area contributed by atoms with Crippen LogP contribution < -0.4 is 10.0 Å².